The Morgan fingerprint density at radius 1 is 1.33 bits per heavy atom. The second-order valence-electron chi connectivity index (χ2n) is 6.16. The van der Waals surface area contributed by atoms with Gasteiger partial charge in [-0.15, -0.1) is 0 Å². The first kappa shape index (κ1) is 12.9. The van der Waals surface area contributed by atoms with Crippen molar-refractivity contribution in [3.63, 3.8) is 0 Å². The van der Waals surface area contributed by atoms with Gasteiger partial charge in [-0.05, 0) is 36.5 Å². The van der Waals surface area contributed by atoms with Gasteiger partial charge < -0.3 is 9.30 Å². The molecule has 2 heterocycles. The lowest BCUT2D eigenvalue weighted by molar-refractivity contribution is 0.130. The molecule has 1 aliphatic heterocycles. The summed E-state index contributed by atoms with van der Waals surface area (Å²) in [4.78, 5) is 7.09. The third-order valence-corrected chi connectivity index (χ3v) is 4.62. The van der Waals surface area contributed by atoms with Gasteiger partial charge in [-0.25, -0.2) is 4.98 Å². The van der Waals surface area contributed by atoms with Crippen molar-refractivity contribution in [2.24, 2.45) is 5.92 Å². The van der Waals surface area contributed by atoms with E-state index in [1.54, 1.807) is 7.11 Å². The van der Waals surface area contributed by atoms with Crippen LogP contribution in [0.25, 0.3) is 0 Å². The summed E-state index contributed by atoms with van der Waals surface area (Å²) in [5, 5.41) is 0. The van der Waals surface area contributed by atoms with Crippen LogP contribution in [0.2, 0.25) is 0 Å². The van der Waals surface area contributed by atoms with Crippen molar-refractivity contribution < 1.29 is 4.74 Å². The van der Waals surface area contributed by atoms with Crippen LogP contribution in [0.3, 0.4) is 0 Å². The summed E-state index contributed by atoms with van der Waals surface area (Å²) in [6.07, 6.45) is 6.78. The van der Waals surface area contributed by atoms with E-state index in [2.05, 4.69) is 38.8 Å². The average Bonchev–Trinajstić information content (AvgIpc) is 3.22. The Bertz CT molecular complexity index is 632. The molecule has 4 heteroatoms. The molecule has 0 amide bonds. The van der Waals surface area contributed by atoms with Gasteiger partial charge in [0, 0.05) is 25.5 Å². The highest BCUT2D eigenvalue weighted by Crippen LogP contribution is 2.36. The Morgan fingerprint density at radius 2 is 2.24 bits per heavy atom. The number of fused-ring (bicyclic) bond motifs is 1. The Kier molecular flexibility index (Phi) is 3.19. The molecular formula is C17H21N3O. The zero-order chi connectivity index (χ0) is 14.2. The molecule has 1 unspecified atom stereocenters. The third-order valence-electron chi connectivity index (χ3n) is 4.62. The second-order valence-corrected chi connectivity index (χ2v) is 6.16. The van der Waals surface area contributed by atoms with E-state index in [9.17, 15) is 0 Å². The number of nitrogens with zero attached hydrogens (tertiary/aromatic N) is 3. The number of aromatic nitrogens is 2. The minimum Gasteiger partial charge on any atom is -0.497 e. The van der Waals surface area contributed by atoms with E-state index in [-0.39, 0.29) is 0 Å². The van der Waals surface area contributed by atoms with Gasteiger partial charge in [0.05, 0.1) is 19.7 Å². The summed E-state index contributed by atoms with van der Waals surface area (Å²) in [5.74, 6) is 3.02. The number of hydrogen-bond donors (Lipinski definition) is 0. The smallest absolute Gasteiger partial charge is 0.122 e. The van der Waals surface area contributed by atoms with Crippen molar-refractivity contribution in [1.29, 1.82) is 0 Å². The fourth-order valence-corrected chi connectivity index (χ4v) is 3.24. The molecule has 1 aromatic heterocycles. The standard InChI is InChI=1S/C17H21N3O/c1-21-15-4-2-3-14(9-15)16-11-19-8-7-18-17(19)12-20(16)10-13-5-6-13/h2-4,7-9,13,16H,5-6,10-12H2,1H3. The summed E-state index contributed by atoms with van der Waals surface area (Å²) in [5.41, 5.74) is 1.34. The maximum Gasteiger partial charge on any atom is 0.122 e. The average molecular weight is 283 g/mol. The summed E-state index contributed by atoms with van der Waals surface area (Å²) in [6.45, 7) is 3.12. The topological polar surface area (TPSA) is 30.3 Å². The molecule has 1 saturated carbocycles. The van der Waals surface area contributed by atoms with Gasteiger partial charge in [-0.3, -0.25) is 4.90 Å². The lowest BCUT2D eigenvalue weighted by Crippen LogP contribution is -2.38. The fourth-order valence-electron chi connectivity index (χ4n) is 3.24. The lowest BCUT2D eigenvalue weighted by Gasteiger charge is -2.36. The normalized spacial score (nSPS) is 22.0. The number of methoxy groups -OCH3 is 1. The second kappa shape index (κ2) is 5.19. The van der Waals surface area contributed by atoms with Crippen LogP contribution in [0.5, 0.6) is 5.75 Å². The minimum atomic E-state index is 0.419. The SMILES string of the molecule is COc1cccc(C2Cn3ccnc3CN2CC2CC2)c1. The van der Waals surface area contributed by atoms with Gasteiger partial charge in [0.25, 0.3) is 0 Å². The molecule has 21 heavy (non-hydrogen) atoms. The van der Waals surface area contributed by atoms with Gasteiger partial charge in [0.2, 0.25) is 0 Å². The van der Waals surface area contributed by atoms with E-state index in [0.29, 0.717) is 6.04 Å². The lowest BCUT2D eigenvalue weighted by atomic mass is 10.0. The monoisotopic (exact) mass is 283 g/mol. The first-order valence-electron chi connectivity index (χ1n) is 7.71. The van der Waals surface area contributed by atoms with E-state index in [4.69, 9.17) is 4.74 Å². The maximum absolute atomic E-state index is 5.39. The molecule has 4 nitrogen and oxygen atoms in total. The van der Waals surface area contributed by atoms with Crippen LogP contribution in [0, 0.1) is 5.92 Å². The van der Waals surface area contributed by atoms with E-state index >= 15 is 0 Å². The van der Waals surface area contributed by atoms with Crippen LogP contribution >= 0.6 is 0 Å². The molecule has 1 atom stereocenters. The predicted molar refractivity (Wildman–Crippen MR) is 81.1 cm³/mol. The molecule has 110 valence electrons. The van der Waals surface area contributed by atoms with Crippen molar-refractivity contribution in [2.45, 2.75) is 32.0 Å². The van der Waals surface area contributed by atoms with Gasteiger partial charge in [-0.1, -0.05) is 12.1 Å². The molecule has 0 saturated heterocycles. The molecule has 0 spiro atoms. The zero-order valence-electron chi connectivity index (χ0n) is 12.4. The number of benzene rings is 1. The van der Waals surface area contributed by atoms with E-state index in [1.807, 2.05) is 12.3 Å². The molecule has 0 radical (unpaired) electrons. The summed E-state index contributed by atoms with van der Waals surface area (Å²) < 4.78 is 7.68. The third kappa shape index (κ3) is 2.56. The first-order valence-corrected chi connectivity index (χ1v) is 7.71. The molecule has 0 bridgehead atoms. The Morgan fingerprint density at radius 3 is 3.05 bits per heavy atom. The molecule has 1 aliphatic carbocycles. The van der Waals surface area contributed by atoms with Crippen molar-refractivity contribution in [2.75, 3.05) is 13.7 Å². The fraction of sp³-hybridized carbons (Fsp3) is 0.471. The Labute approximate surface area is 125 Å². The van der Waals surface area contributed by atoms with Crippen LogP contribution in [0.15, 0.2) is 36.7 Å². The highest BCUT2D eigenvalue weighted by Gasteiger charge is 2.32. The largest absolute Gasteiger partial charge is 0.497 e. The Hall–Kier alpha value is -1.81. The molecule has 2 aliphatic rings. The first-order chi connectivity index (χ1) is 10.3. The predicted octanol–water partition coefficient (Wildman–Crippen LogP) is 2.86. The van der Waals surface area contributed by atoms with Crippen LogP contribution in [-0.4, -0.2) is 28.1 Å². The maximum atomic E-state index is 5.39. The van der Waals surface area contributed by atoms with Crippen molar-refractivity contribution in [1.82, 2.24) is 14.5 Å². The zero-order valence-corrected chi connectivity index (χ0v) is 12.4. The summed E-state index contributed by atoms with van der Waals surface area (Å²) in [7, 11) is 1.73. The van der Waals surface area contributed by atoms with Crippen molar-refractivity contribution in [3.8, 4) is 5.75 Å². The molecule has 2 aromatic rings. The van der Waals surface area contributed by atoms with Gasteiger partial charge in [0.15, 0.2) is 0 Å². The van der Waals surface area contributed by atoms with Crippen LogP contribution < -0.4 is 4.74 Å². The van der Waals surface area contributed by atoms with E-state index < -0.39 is 0 Å². The van der Waals surface area contributed by atoms with Crippen LogP contribution in [0.1, 0.15) is 30.3 Å². The van der Waals surface area contributed by atoms with E-state index in [0.717, 1.165) is 24.8 Å². The van der Waals surface area contributed by atoms with Crippen molar-refractivity contribution >= 4 is 0 Å². The highest BCUT2D eigenvalue weighted by atomic mass is 16.5. The van der Waals surface area contributed by atoms with Crippen LogP contribution in [-0.2, 0) is 13.1 Å². The number of rotatable bonds is 4. The highest BCUT2D eigenvalue weighted by molar-refractivity contribution is 5.31. The molecule has 0 N–H and O–H groups in total. The van der Waals surface area contributed by atoms with Gasteiger partial charge in [-0.2, -0.15) is 0 Å². The quantitative estimate of drug-likeness (QED) is 0.864. The summed E-state index contributed by atoms with van der Waals surface area (Å²) in [6, 6.07) is 8.91. The van der Waals surface area contributed by atoms with Gasteiger partial charge in [0.1, 0.15) is 11.6 Å². The molecule has 1 aromatic carbocycles. The number of hydrogen-bond acceptors (Lipinski definition) is 3. The van der Waals surface area contributed by atoms with Crippen LogP contribution in [0.4, 0.5) is 0 Å². The Balaban J connectivity index is 1.65. The van der Waals surface area contributed by atoms with Crippen molar-refractivity contribution in [3.05, 3.63) is 48.0 Å². The molecule has 4 rings (SSSR count). The summed E-state index contributed by atoms with van der Waals surface area (Å²) >= 11 is 0. The van der Waals surface area contributed by atoms with Gasteiger partial charge >= 0.3 is 0 Å². The minimum absolute atomic E-state index is 0.419. The van der Waals surface area contributed by atoms with E-state index in [1.165, 1.54) is 30.8 Å². The molecular weight excluding hydrogens is 262 g/mol. The molecule has 1 fully saturated rings. The number of imidazole rings is 1. The number of ether oxygens (including phenoxy) is 1.